The van der Waals surface area contributed by atoms with Crippen molar-refractivity contribution >= 4 is 34.5 Å². The van der Waals surface area contributed by atoms with Crippen molar-refractivity contribution in [3.8, 4) is 17.6 Å². The van der Waals surface area contributed by atoms with E-state index in [1.165, 1.54) is 0 Å². The molecule has 1 aliphatic rings. The molecule has 0 saturated carbocycles. The smallest absolute Gasteiger partial charge is 0.262 e. The fraction of sp³-hybridized carbons (Fsp3) is 0.111. The van der Waals surface area contributed by atoms with Gasteiger partial charge in [-0.25, -0.2) is 0 Å². The van der Waals surface area contributed by atoms with Crippen LogP contribution in [0.5, 0.6) is 11.5 Å². The molecule has 1 aliphatic heterocycles. The molecule has 0 bridgehead atoms. The van der Waals surface area contributed by atoms with Crippen molar-refractivity contribution in [3.05, 3.63) is 100 Å². The zero-order valence-corrected chi connectivity index (χ0v) is 18.9. The van der Waals surface area contributed by atoms with Gasteiger partial charge < -0.3 is 19.4 Å². The van der Waals surface area contributed by atoms with Crippen LogP contribution in [0.15, 0.2) is 78.5 Å². The van der Waals surface area contributed by atoms with Crippen LogP contribution in [0.1, 0.15) is 16.7 Å². The normalized spacial score (nSPS) is 12.5. The Morgan fingerprint density at radius 2 is 1.91 bits per heavy atom. The van der Waals surface area contributed by atoms with Gasteiger partial charge in [0, 0.05) is 40.8 Å². The molecule has 0 saturated heterocycles. The van der Waals surface area contributed by atoms with Gasteiger partial charge in [0.2, 0.25) is 6.79 Å². The number of halogens is 1. The van der Waals surface area contributed by atoms with Crippen molar-refractivity contribution in [3.63, 3.8) is 0 Å². The number of carbonyl (C=O) groups is 1. The summed E-state index contributed by atoms with van der Waals surface area (Å²) in [6.07, 6.45) is 3.58. The van der Waals surface area contributed by atoms with E-state index in [0.29, 0.717) is 23.1 Å². The van der Waals surface area contributed by atoms with Gasteiger partial charge in [-0.2, -0.15) is 5.26 Å². The molecule has 0 radical (unpaired) electrons. The highest BCUT2D eigenvalue weighted by atomic mass is 35.5. The molecule has 6 nitrogen and oxygen atoms in total. The number of aromatic nitrogens is 1. The third kappa shape index (κ3) is 4.47. The van der Waals surface area contributed by atoms with Crippen molar-refractivity contribution in [2.24, 2.45) is 0 Å². The monoisotopic (exact) mass is 469 g/mol. The van der Waals surface area contributed by atoms with Crippen LogP contribution in [0.2, 0.25) is 5.02 Å². The minimum Gasteiger partial charge on any atom is -0.454 e. The lowest BCUT2D eigenvalue weighted by Crippen LogP contribution is -2.23. The number of hydrogen-bond acceptors (Lipinski definition) is 4. The number of nitriles is 1. The highest BCUT2D eigenvalue weighted by Crippen LogP contribution is 2.32. The van der Waals surface area contributed by atoms with E-state index >= 15 is 0 Å². The molecule has 0 aliphatic carbocycles. The summed E-state index contributed by atoms with van der Waals surface area (Å²) in [4.78, 5) is 12.8. The van der Waals surface area contributed by atoms with Crippen LogP contribution in [0.3, 0.4) is 0 Å². The topological polar surface area (TPSA) is 76.3 Å². The lowest BCUT2D eigenvalue weighted by molar-refractivity contribution is -0.117. The molecule has 5 rings (SSSR count). The van der Waals surface area contributed by atoms with Crippen LogP contribution < -0.4 is 14.8 Å². The molecule has 3 aromatic carbocycles. The van der Waals surface area contributed by atoms with Gasteiger partial charge in [0.1, 0.15) is 11.6 Å². The van der Waals surface area contributed by atoms with Crippen molar-refractivity contribution in [2.75, 3.05) is 6.79 Å². The van der Waals surface area contributed by atoms with Crippen molar-refractivity contribution in [2.45, 2.75) is 13.1 Å². The third-order valence-corrected chi connectivity index (χ3v) is 5.85. The van der Waals surface area contributed by atoms with Gasteiger partial charge in [-0.15, -0.1) is 0 Å². The molecule has 1 aromatic heterocycles. The Morgan fingerprint density at radius 3 is 2.76 bits per heavy atom. The number of rotatable bonds is 6. The second-order valence-corrected chi connectivity index (χ2v) is 8.34. The number of para-hydroxylation sites is 1. The van der Waals surface area contributed by atoms with E-state index in [2.05, 4.69) is 9.88 Å². The highest BCUT2D eigenvalue weighted by Gasteiger charge is 2.15. The number of benzene rings is 3. The summed E-state index contributed by atoms with van der Waals surface area (Å²) < 4.78 is 12.8. The first-order chi connectivity index (χ1) is 16.6. The first-order valence-corrected chi connectivity index (χ1v) is 11.1. The molecule has 34 heavy (non-hydrogen) atoms. The molecule has 4 aromatic rings. The van der Waals surface area contributed by atoms with Crippen LogP contribution in [-0.2, 0) is 17.9 Å². The summed E-state index contributed by atoms with van der Waals surface area (Å²) in [5, 5.41) is 14.1. The van der Waals surface area contributed by atoms with Crippen LogP contribution in [0, 0.1) is 11.3 Å². The summed E-state index contributed by atoms with van der Waals surface area (Å²) in [7, 11) is 0. The highest BCUT2D eigenvalue weighted by molar-refractivity contribution is 6.30. The third-order valence-electron chi connectivity index (χ3n) is 5.62. The molecule has 0 atom stereocenters. The van der Waals surface area contributed by atoms with E-state index in [1.54, 1.807) is 12.1 Å². The zero-order valence-electron chi connectivity index (χ0n) is 18.1. The minimum absolute atomic E-state index is 0.0337. The number of hydrogen-bond donors (Lipinski definition) is 1. The van der Waals surface area contributed by atoms with Crippen molar-refractivity contribution < 1.29 is 14.3 Å². The molecule has 168 valence electrons. The summed E-state index contributed by atoms with van der Waals surface area (Å²) in [6.45, 7) is 1.08. The minimum atomic E-state index is -0.438. The predicted octanol–water partition coefficient (Wildman–Crippen LogP) is 5.30. The molecule has 7 heteroatoms. The first-order valence-electron chi connectivity index (χ1n) is 10.7. The molecule has 1 N–H and O–H groups in total. The van der Waals surface area contributed by atoms with Gasteiger partial charge in [-0.3, -0.25) is 4.79 Å². The Bertz CT molecular complexity index is 1470. The fourth-order valence-corrected chi connectivity index (χ4v) is 4.20. The summed E-state index contributed by atoms with van der Waals surface area (Å²) in [5.41, 5.74) is 3.75. The van der Waals surface area contributed by atoms with Gasteiger partial charge in [-0.05, 0) is 47.5 Å². The lowest BCUT2D eigenvalue weighted by Gasteiger charge is -2.06. The first kappa shape index (κ1) is 21.6. The number of nitrogens with one attached hydrogen (secondary N) is 1. The van der Waals surface area contributed by atoms with E-state index in [0.717, 1.165) is 27.6 Å². The Morgan fingerprint density at radius 1 is 1.06 bits per heavy atom. The summed E-state index contributed by atoms with van der Waals surface area (Å²) in [6, 6.07) is 23.1. The Balaban J connectivity index is 1.38. The van der Waals surface area contributed by atoms with Crippen LogP contribution >= 0.6 is 11.6 Å². The van der Waals surface area contributed by atoms with E-state index in [4.69, 9.17) is 21.1 Å². The molecule has 0 unspecified atom stereocenters. The molecule has 2 heterocycles. The molecular weight excluding hydrogens is 450 g/mol. The largest absolute Gasteiger partial charge is 0.454 e. The SMILES string of the molecule is N#C/C(=C/c1cn(Cc2cccc(Cl)c2)c2ccccc12)C(=O)NCc1ccc2c(c1)OCO2. The lowest BCUT2D eigenvalue weighted by atomic mass is 10.1. The second-order valence-electron chi connectivity index (χ2n) is 7.90. The average Bonchev–Trinajstić information content (AvgIpc) is 3.45. The van der Waals surface area contributed by atoms with Crippen LogP contribution in [-0.4, -0.2) is 17.3 Å². The quantitative estimate of drug-likeness (QED) is 0.307. The fourth-order valence-electron chi connectivity index (χ4n) is 3.99. The van der Waals surface area contributed by atoms with Crippen LogP contribution in [0.25, 0.3) is 17.0 Å². The summed E-state index contributed by atoms with van der Waals surface area (Å²) >= 11 is 6.15. The van der Waals surface area contributed by atoms with Gasteiger partial charge in [0.05, 0.1) is 0 Å². The number of carbonyl (C=O) groups excluding carboxylic acids is 1. The Kier molecular flexibility index (Phi) is 5.94. The van der Waals surface area contributed by atoms with E-state index in [1.807, 2.05) is 72.9 Å². The zero-order chi connectivity index (χ0) is 23.5. The predicted molar refractivity (Wildman–Crippen MR) is 130 cm³/mol. The van der Waals surface area contributed by atoms with Gasteiger partial charge in [-0.1, -0.05) is 48.0 Å². The Labute approximate surface area is 201 Å². The number of nitrogens with zero attached hydrogens (tertiary/aromatic N) is 2. The summed E-state index contributed by atoms with van der Waals surface area (Å²) in [5.74, 6) is 0.893. The Hall–Kier alpha value is -4.21. The number of fused-ring (bicyclic) bond motifs is 2. The maximum Gasteiger partial charge on any atom is 0.262 e. The van der Waals surface area contributed by atoms with Crippen molar-refractivity contribution in [1.82, 2.24) is 9.88 Å². The van der Waals surface area contributed by atoms with Crippen molar-refractivity contribution in [1.29, 1.82) is 5.26 Å². The molecule has 0 spiro atoms. The van der Waals surface area contributed by atoms with E-state index in [9.17, 15) is 10.1 Å². The second kappa shape index (κ2) is 9.34. The standard InChI is InChI=1S/C27H20ClN3O3/c28-22-5-3-4-19(10-22)15-31-16-21(23-6-1-2-7-24(23)31)12-20(13-29)27(32)30-14-18-8-9-25-26(11-18)34-17-33-25/h1-12,16H,14-15,17H2,(H,30,32)/b20-12-. The van der Waals surface area contributed by atoms with Gasteiger partial charge in [0.15, 0.2) is 11.5 Å². The maximum atomic E-state index is 12.8. The maximum absolute atomic E-state index is 12.8. The number of ether oxygens (including phenoxy) is 2. The molecule has 0 fully saturated rings. The van der Waals surface area contributed by atoms with E-state index < -0.39 is 5.91 Å². The average molecular weight is 470 g/mol. The van der Waals surface area contributed by atoms with Gasteiger partial charge in [0.25, 0.3) is 5.91 Å². The molecule has 1 amide bonds. The number of amides is 1. The van der Waals surface area contributed by atoms with Gasteiger partial charge >= 0.3 is 0 Å². The molecular formula is C27H20ClN3O3. The van der Waals surface area contributed by atoms with E-state index in [-0.39, 0.29) is 18.9 Å². The van der Waals surface area contributed by atoms with Crippen LogP contribution in [0.4, 0.5) is 0 Å².